The fraction of sp³-hybridized carbons (Fsp3) is 0.579. The van der Waals surface area contributed by atoms with Gasteiger partial charge in [0.1, 0.15) is 0 Å². The van der Waals surface area contributed by atoms with Gasteiger partial charge in [-0.05, 0) is 24.1 Å². The van der Waals surface area contributed by atoms with Crippen LogP contribution in [-0.2, 0) is 4.79 Å². The summed E-state index contributed by atoms with van der Waals surface area (Å²) in [6.45, 7) is 9.78. The Morgan fingerprint density at radius 3 is 2.33 bits per heavy atom. The van der Waals surface area contributed by atoms with Crippen molar-refractivity contribution >= 4 is 17.5 Å². The Hall–Kier alpha value is -1.88. The van der Waals surface area contributed by atoms with E-state index in [9.17, 15) is 14.7 Å². The number of carbonyl (C=O) groups is 2. The molecule has 1 rings (SSSR count). The minimum atomic E-state index is -0.548. The Balaban J connectivity index is 2.69. The zero-order chi connectivity index (χ0) is 18.3. The maximum atomic E-state index is 12.2. The van der Waals surface area contributed by atoms with Crippen LogP contribution in [0, 0.1) is 11.3 Å². The topological polar surface area (TPSA) is 78.4 Å². The lowest BCUT2D eigenvalue weighted by atomic mass is 9.95. The molecule has 0 aliphatic heterocycles. The van der Waals surface area contributed by atoms with E-state index in [-0.39, 0.29) is 24.3 Å². The summed E-state index contributed by atoms with van der Waals surface area (Å²) in [6.07, 6.45) is 1.21. The lowest BCUT2D eigenvalue weighted by Crippen LogP contribution is -2.36. The predicted octanol–water partition coefficient (Wildman–Crippen LogP) is 3.20. The van der Waals surface area contributed by atoms with E-state index in [1.807, 2.05) is 34.6 Å². The third-order valence-electron chi connectivity index (χ3n) is 4.13. The molecule has 1 aromatic rings. The molecule has 5 nitrogen and oxygen atoms in total. The molecule has 3 N–H and O–H groups in total. The van der Waals surface area contributed by atoms with Gasteiger partial charge >= 0.3 is 0 Å². The highest BCUT2D eigenvalue weighted by atomic mass is 16.3. The highest BCUT2D eigenvalue weighted by Crippen LogP contribution is 2.18. The summed E-state index contributed by atoms with van der Waals surface area (Å²) in [5.74, 6) is -0.182. The van der Waals surface area contributed by atoms with Crippen LogP contribution in [0.25, 0.3) is 0 Å². The molecule has 1 atom stereocenters. The number of hydrogen-bond donors (Lipinski definition) is 3. The van der Waals surface area contributed by atoms with Crippen LogP contribution in [0.5, 0.6) is 0 Å². The molecule has 134 valence electrons. The van der Waals surface area contributed by atoms with Gasteiger partial charge in [0, 0.05) is 23.2 Å². The average molecular weight is 334 g/mol. The molecule has 0 aromatic heterocycles. The molecule has 24 heavy (non-hydrogen) atoms. The summed E-state index contributed by atoms with van der Waals surface area (Å²) in [6, 6.07) is 6.80. The predicted molar refractivity (Wildman–Crippen MR) is 96.9 cm³/mol. The second-order valence-electron chi connectivity index (χ2n) is 7.14. The van der Waals surface area contributed by atoms with Gasteiger partial charge in [0.25, 0.3) is 5.91 Å². The minimum absolute atomic E-state index is 0.107. The van der Waals surface area contributed by atoms with Crippen molar-refractivity contribution in [2.75, 3.05) is 11.9 Å². The molecular weight excluding hydrogens is 304 g/mol. The van der Waals surface area contributed by atoms with E-state index in [2.05, 4.69) is 10.6 Å². The van der Waals surface area contributed by atoms with E-state index >= 15 is 0 Å². The van der Waals surface area contributed by atoms with Crippen LogP contribution in [0.1, 0.15) is 57.8 Å². The van der Waals surface area contributed by atoms with Gasteiger partial charge in [0.05, 0.1) is 6.10 Å². The molecule has 0 heterocycles. The molecular formula is C19H30N2O3. The highest BCUT2D eigenvalue weighted by molar-refractivity contribution is 5.98. The molecule has 0 saturated carbocycles. The molecule has 1 unspecified atom stereocenters. The van der Waals surface area contributed by atoms with Crippen molar-refractivity contribution in [2.45, 2.75) is 53.6 Å². The van der Waals surface area contributed by atoms with Gasteiger partial charge in [-0.2, -0.15) is 0 Å². The molecule has 0 spiro atoms. The molecule has 0 aliphatic carbocycles. The summed E-state index contributed by atoms with van der Waals surface area (Å²) in [5, 5.41) is 15.7. The highest BCUT2D eigenvalue weighted by Gasteiger charge is 2.21. The molecule has 0 radical (unpaired) electrons. The first-order valence-electron chi connectivity index (χ1n) is 8.56. The smallest absolute Gasteiger partial charge is 0.251 e. The van der Waals surface area contributed by atoms with Crippen LogP contribution in [0.3, 0.4) is 0 Å². The van der Waals surface area contributed by atoms with E-state index in [0.29, 0.717) is 11.3 Å². The van der Waals surface area contributed by atoms with Gasteiger partial charge in [-0.1, -0.05) is 53.5 Å². The van der Waals surface area contributed by atoms with E-state index in [4.69, 9.17) is 0 Å². The van der Waals surface area contributed by atoms with Gasteiger partial charge in [-0.3, -0.25) is 9.59 Å². The molecule has 0 saturated heterocycles. The maximum absolute atomic E-state index is 12.2. The lowest BCUT2D eigenvalue weighted by molar-refractivity contribution is -0.123. The van der Waals surface area contributed by atoms with Gasteiger partial charge < -0.3 is 15.7 Å². The Morgan fingerprint density at radius 2 is 1.79 bits per heavy atom. The van der Waals surface area contributed by atoms with Crippen molar-refractivity contribution in [3.8, 4) is 0 Å². The van der Waals surface area contributed by atoms with Crippen molar-refractivity contribution in [2.24, 2.45) is 11.3 Å². The van der Waals surface area contributed by atoms with Crippen molar-refractivity contribution < 1.29 is 14.7 Å². The standard InChI is InChI=1S/C19H30N2O3/c1-6-13(7-2)16(22)12-20-17(23)14-9-8-10-15(11-14)21-18(24)19(3,4)5/h8-11,13,16,22H,6-7,12H2,1-5H3,(H,20,23)(H,21,24). The van der Waals surface area contributed by atoms with Gasteiger partial charge in [0.2, 0.25) is 5.91 Å². The number of aliphatic hydroxyl groups is 1. The van der Waals surface area contributed by atoms with Crippen molar-refractivity contribution in [3.63, 3.8) is 0 Å². The van der Waals surface area contributed by atoms with E-state index < -0.39 is 11.5 Å². The Kier molecular flexibility index (Phi) is 7.42. The first-order valence-corrected chi connectivity index (χ1v) is 8.56. The monoisotopic (exact) mass is 334 g/mol. The van der Waals surface area contributed by atoms with E-state index in [0.717, 1.165) is 12.8 Å². The Bertz CT molecular complexity index is 560. The van der Waals surface area contributed by atoms with Crippen LogP contribution < -0.4 is 10.6 Å². The molecule has 0 aliphatic rings. The largest absolute Gasteiger partial charge is 0.391 e. The summed E-state index contributed by atoms with van der Waals surface area (Å²) in [4.78, 5) is 24.3. The quantitative estimate of drug-likeness (QED) is 0.716. The first-order chi connectivity index (χ1) is 11.2. The second kappa shape index (κ2) is 8.83. The molecule has 0 bridgehead atoms. The SMILES string of the molecule is CCC(CC)C(O)CNC(=O)c1cccc(NC(=O)C(C)(C)C)c1. The summed E-state index contributed by atoms with van der Waals surface area (Å²) in [5.41, 5.74) is 0.541. The zero-order valence-electron chi connectivity index (χ0n) is 15.3. The first kappa shape index (κ1) is 20.2. The maximum Gasteiger partial charge on any atom is 0.251 e. The molecule has 5 heteroatoms. The van der Waals surface area contributed by atoms with Gasteiger partial charge in [-0.25, -0.2) is 0 Å². The third kappa shape index (κ3) is 5.96. The summed E-state index contributed by atoms with van der Waals surface area (Å²) >= 11 is 0. The third-order valence-corrected chi connectivity index (χ3v) is 4.13. The number of carbonyl (C=O) groups excluding carboxylic acids is 2. The van der Waals surface area contributed by atoms with E-state index in [1.54, 1.807) is 24.3 Å². The number of rotatable bonds is 7. The molecule has 2 amide bonds. The number of amides is 2. The van der Waals surface area contributed by atoms with Crippen LogP contribution in [0.15, 0.2) is 24.3 Å². The Morgan fingerprint density at radius 1 is 1.17 bits per heavy atom. The van der Waals surface area contributed by atoms with Crippen LogP contribution >= 0.6 is 0 Å². The molecule has 1 aromatic carbocycles. The normalized spacial score (nSPS) is 12.8. The fourth-order valence-corrected chi connectivity index (χ4v) is 2.36. The van der Waals surface area contributed by atoms with E-state index in [1.165, 1.54) is 0 Å². The number of hydrogen-bond acceptors (Lipinski definition) is 3. The van der Waals surface area contributed by atoms with Crippen LogP contribution in [0.2, 0.25) is 0 Å². The number of benzene rings is 1. The number of anilines is 1. The summed E-state index contributed by atoms with van der Waals surface area (Å²) in [7, 11) is 0. The summed E-state index contributed by atoms with van der Waals surface area (Å²) < 4.78 is 0. The minimum Gasteiger partial charge on any atom is -0.391 e. The van der Waals surface area contributed by atoms with Crippen molar-refractivity contribution in [1.82, 2.24) is 5.32 Å². The zero-order valence-corrected chi connectivity index (χ0v) is 15.3. The fourth-order valence-electron chi connectivity index (χ4n) is 2.36. The number of aliphatic hydroxyl groups excluding tert-OH is 1. The van der Waals surface area contributed by atoms with Gasteiger partial charge in [-0.15, -0.1) is 0 Å². The number of nitrogens with one attached hydrogen (secondary N) is 2. The van der Waals surface area contributed by atoms with Crippen LogP contribution in [0.4, 0.5) is 5.69 Å². The van der Waals surface area contributed by atoms with Gasteiger partial charge in [0.15, 0.2) is 0 Å². The van der Waals surface area contributed by atoms with Crippen molar-refractivity contribution in [1.29, 1.82) is 0 Å². The van der Waals surface area contributed by atoms with Crippen LogP contribution in [-0.4, -0.2) is 29.6 Å². The average Bonchev–Trinajstić information content (AvgIpc) is 2.53. The van der Waals surface area contributed by atoms with Crippen molar-refractivity contribution in [3.05, 3.63) is 29.8 Å². The lowest BCUT2D eigenvalue weighted by Gasteiger charge is -2.20. The Labute approximate surface area is 144 Å². The second-order valence-corrected chi connectivity index (χ2v) is 7.14. The molecule has 0 fully saturated rings.